The van der Waals surface area contributed by atoms with Crippen LogP contribution in [0, 0.1) is 0 Å². The van der Waals surface area contributed by atoms with Gasteiger partial charge in [-0.3, -0.25) is 5.32 Å². The summed E-state index contributed by atoms with van der Waals surface area (Å²) >= 11 is 0. The van der Waals surface area contributed by atoms with Gasteiger partial charge >= 0.3 is 0 Å². The topological polar surface area (TPSA) is 21.3 Å². The second-order valence-electron chi connectivity index (χ2n) is 4.25. The smallest absolute Gasteiger partial charge is 0.134 e. The van der Waals surface area contributed by atoms with Gasteiger partial charge in [0, 0.05) is 0 Å². The SMILES string of the molecule is c1ccc([C@H]2CO[C@@H](c3ccccc3)N2)cc1. The Morgan fingerprint density at radius 1 is 0.824 bits per heavy atom. The van der Waals surface area contributed by atoms with E-state index >= 15 is 0 Å². The van der Waals surface area contributed by atoms with Crippen molar-refractivity contribution in [3.05, 3.63) is 71.8 Å². The normalized spacial score (nSPS) is 23.8. The molecular weight excluding hydrogens is 210 g/mol. The van der Waals surface area contributed by atoms with E-state index < -0.39 is 0 Å². The zero-order valence-corrected chi connectivity index (χ0v) is 9.54. The van der Waals surface area contributed by atoms with Crippen molar-refractivity contribution in [2.24, 2.45) is 0 Å². The van der Waals surface area contributed by atoms with Gasteiger partial charge in [0.2, 0.25) is 0 Å². The van der Waals surface area contributed by atoms with E-state index in [1.807, 2.05) is 24.3 Å². The monoisotopic (exact) mass is 225 g/mol. The zero-order valence-electron chi connectivity index (χ0n) is 9.54. The molecule has 2 atom stereocenters. The third kappa shape index (κ3) is 2.23. The third-order valence-corrected chi connectivity index (χ3v) is 3.09. The average molecular weight is 225 g/mol. The highest BCUT2D eigenvalue weighted by Crippen LogP contribution is 2.27. The molecule has 0 unspecified atom stereocenters. The standard InChI is InChI=1S/C15H15NO/c1-3-7-12(8-4-1)14-11-17-15(16-14)13-9-5-2-6-10-13/h1-10,14-16H,11H2/t14-,15+/m1/s1. The molecule has 0 aromatic heterocycles. The van der Waals surface area contributed by atoms with Crippen molar-refractivity contribution in [3.8, 4) is 0 Å². The van der Waals surface area contributed by atoms with E-state index in [-0.39, 0.29) is 6.23 Å². The van der Waals surface area contributed by atoms with Crippen LogP contribution in [0.1, 0.15) is 23.4 Å². The molecule has 0 spiro atoms. The summed E-state index contributed by atoms with van der Waals surface area (Å²) in [4.78, 5) is 0. The summed E-state index contributed by atoms with van der Waals surface area (Å²) in [5.41, 5.74) is 2.47. The van der Waals surface area contributed by atoms with Gasteiger partial charge in [0.1, 0.15) is 6.23 Å². The van der Waals surface area contributed by atoms with Crippen molar-refractivity contribution in [3.63, 3.8) is 0 Å². The van der Waals surface area contributed by atoms with Crippen LogP contribution >= 0.6 is 0 Å². The lowest BCUT2D eigenvalue weighted by atomic mass is 10.1. The molecule has 1 heterocycles. The van der Waals surface area contributed by atoms with Crippen LogP contribution in [0.2, 0.25) is 0 Å². The maximum Gasteiger partial charge on any atom is 0.134 e. The van der Waals surface area contributed by atoms with Gasteiger partial charge in [0.05, 0.1) is 12.6 Å². The lowest BCUT2D eigenvalue weighted by Crippen LogP contribution is -2.18. The highest BCUT2D eigenvalue weighted by atomic mass is 16.5. The number of hydrogen-bond donors (Lipinski definition) is 1. The maximum absolute atomic E-state index is 5.79. The predicted molar refractivity (Wildman–Crippen MR) is 67.5 cm³/mol. The summed E-state index contributed by atoms with van der Waals surface area (Å²) in [6, 6.07) is 21.0. The van der Waals surface area contributed by atoms with Crippen molar-refractivity contribution >= 4 is 0 Å². The fourth-order valence-electron chi connectivity index (χ4n) is 2.17. The molecule has 2 aromatic carbocycles. The first-order chi connectivity index (χ1) is 8.43. The second-order valence-corrected chi connectivity index (χ2v) is 4.25. The third-order valence-electron chi connectivity index (χ3n) is 3.09. The molecule has 1 aliphatic heterocycles. The summed E-state index contributed by atoms with van der Waals surface area (Å²) in [6.45, 7) is 0.726. The number of benzene rings is 2. The molecule has 0 amide bonds. The van der Waals surface area contributed by atoms with Gasteiger partial charge in [0.15, 0.2) is 0 Å². The van der Waals surface area contributed by atoms with Gasteiger partial charge in [-0.15, -0.1) is 0 Å². The number of rotatable bonds is 2. The van der Waals surface area contributed by atoms with Gasteiger partial charge in [-0.2, -0.15) is 0 Å². The molecule has 1 fully saturated rings. The van der Waals surface area contributed by atoms with Crippen molar-refractivity contribution in [2.45, 2.75) is 12.3 Å². The molecule has 17 heavy (non-hydrogen) atoms. The molecule has 1 saturated heterocycles. The van der Waals surface area contributed by atoms with Crippen LogP contribution in [-0.4, -0.2) is 6.61 Å². The fourth-order valence-corrected chi connectivity index (χ4v) is 2.17. The predicted octanol–water partition coefficient (Wildman–Crippen LogP) is 3.05. The average Bonchev–Trinajstić information content (AvgIpc) is 2.90. The van der Waals surface area contributed by atoms with Gasteiger partial charge in [-0.1, -0.05) is 60.7 Å². The van der Waals surface area contributed by atoms with E-state index in [4.69, 9.17) is 4.74 Å². The molecule has 2 aromatic rings. The molecule has 2 nitrogen and oxygen atoms in total. The van der Waals surface area contributed by atoms with Gasteiger partial charge in [-0.05, 0) is 11.1 Å². The van der Waals surface area contributed by atoms with Crippen LogP contribution in [-0.2, 0) is 4.74 Å². The first kappa shape index (κ1) is 10.5. The van der Waals surface area contributed by atoms with Crippen molar-refractivity contribution < 1.29 is 4.74 Å². The molecule has 3 rings (SSSR count). The first-order valence-corrected chi connectivity index (χ1v) is 5.91. The van der Waals surface area contributed by atoms with E-state index in [2.05, 4.69) is 41.7 Å². The van der Waals surface area contributed by atoms with Crippen LogP contribution in [0.3, 0.4) is 0 Å². The van der Waals surface area contributed by atoms with E-state index in [1.165, 1.54) is 11.1 Å². The summed E-state index contributed by atoms with van der Waals surface area (Å²) in [7, 11) is 0. The molecule has 0 aliphatic carbocycles. The minimum Gasteiger partial charge on any atom is -0.357 e. The number of nitrogens with one attached hydrogen (secondary N) is 1. The van der Waals surface area contributed by atoms with E-state index in [1.54, 1.807) is 0 Å². The molecule has 0 bridgehead atoms. The van der Waals surface area contributed by atoms with Crippen LogP contribution in [0.4, 0.5) is 0 Å². The second kappa shape index (κ2) is 4.70. The minimum absolute atomic E-state index is 0.0152. The van der Waals surface area contributed by atoms with Gasteiger partial charge < -0.3 is 4.74 Å². The lowest BCUT2D eigenvalue weighted by molar-refractivity contribution is 0.101. The van der Waals surface area contributed by atoms with Crippen LogP contribution < -0.4 is 5.32 Å². The Morgan fingerprint density at radius 3 is 2.06 bits per heavy atom. The molecular formula is C15H15NO. The van der Waals surface area contributed by atoms with Crippen molar-refractivity contribution in [2.75, 3.05) is 6.61 Å². The Kier molecular flexibility index (Phi) is 2.90. The summed E-state index contributed by atoms with van der Waals surface area (Å²) < 4.78 is 5.79. The quantitative estimate of drug-likeness (QED) is 0.848. The van der Waals surface area contributed by atoms with Crippen molar-refractivity contribution in [1.29, 1.82) is 0 Å². The summed E-state index contributed by atoms with van der Waals surface area (Å²) in [5.74, 6) is 0. The molecule has 0 radical (unpaired) electrons. The molecule has 1 N–H and O–H groups in total. The van der Waals surface area contributed by atoms with Crippen LogP contribution in [0.15, 0.2) is 60.7 Å². The molecule has 1 aliphatic rings. The van der Waals surface area contributed by atoms with E-state index in [9.17, 15) is 0 Å². The number of ether oxygens (including phenoxy) is 1. The fraction of sp³-hybridized carbons (Fsp3) is 0.200. The number of hydrogen-bond acceptors (Lipinski definition) is 2. The maximum atomic E-state index is 5.79. The Morgan fingerprint density at radius 2 is 1.41 bits per heavy atom. The first-order valence-electron chi connectivity index (χ1n) is 5.91. The van der Waals surface area contributed by atoms with E-state index in [0.717, 1.165) is 6.61 Å². The highest BCUT2D eigenvalue weighted by Gasteiger charge is 2.26. The minimum atomic E-state index is 0.0152. The van der Waals surface area contributed by atoms with Crippen molar-refractivity contribution in [1.82, 2.24) is 5.32 Å². The largest absolute Gasteiger partial charge is 0.357 e. The van der Waals surface area contributed by atoms with Crippen LogP contribution in [0.5, 0.6) is 0 Å². The lowest BCUT2D eigenvalue weighted by Gasteiger charge is -2.12. The molecule has 0 saturated carbocycles. The summed E-state index contributed by atoms with van der Waals surface area (Å²) in [6.07, 6.45) is 0.0152. The Balaban J connectivity index is 1.75. The molecule has 86 valence electrons. The van der Waals surface area contributed by atoms with Crippen LogP contribution in [0.25, 0.3) is 0 Å². The molecule has 2 heteroatoms. The summed E-state index contributed by atoms with van der Waals surface area (Å²) in [5, 5.41) is 3.50. The highest BCUT2D eigenvalue weighted by molar-refractivity contribution is 5.23. The Hall–Kier alpha value is -1.64. The zero-order chi connectivity index (χ0) is 11.5. The van der Waals surface area contributed by atoms with E-state index in [0.29, 0.717) is 6.04 Å². The van der Waals surface area contributed by atoms with Gasteiger partial charge in [-0.25, -0.2) is 0 Å². The van der Waals surface area contributed by atoms with Gasteiger partial charge in [0.25, 0.3) is 0 Å². The Bertz CT molecular complexity index is 423. The Labute approximate surface area is 101 Å².